The van der Waals surface area contributed by atoms with Crippen molar-refractivity contribution in [3.05, 3.63) is 0 Å². The van der Waals surface area contributed by atoms with Crippen molar-refractivity contribution in [2.45, 2.75) is 30.9 Å². The van der Waals surface area contributed by atoms with Gasteiger partial charge in [-0.2, -0.15) is 0 Å². The fraction of sp³-hybridized carbons (Fsp3) is 0.900. The molecule has 1 N–H and O–H groups in total. The highest BCUT2D eigenvalue weighted by Crippen LogP contribution is 2.29. The number of hydrogen-bond donors (Lipinski definition) is 1. The van der Waals surface area contributed by atoms with Gasteiger partial charge in [-0.3, -0.25) is 4.79 Å². The van der Waals surface area contributed by atoms with Crippen molar-refractivity contribution in [1.29, 1.82) is 0 Å². The number of thioether (sulfide) groups is 1. The predicted molar refractivity (Wildman–Crippen MR) is 57.7 cm³/mol. The van der Waals surface area contributed by atoms with Gasteiger partial charge in [0.05, 0.1) is 6.61 Å². The van der Waals surface area contributed by atoms with Crippen molar-refractivity contribution in [3.63, 3.8) is 0 Å². The molecular formula is C10H18O3S. The third-order valence-electron chi connectivity index (χ3n) is 2.60. The third-order valence-corrected chi connectivity index (χ3v) is 4.01. The Morgan fingerprint density at radius 3 is 2.71 bits per heavy atom. The van der Waals surface area contributed by atoms with Crippen molar-refractivity contribution in [3.8, 4) is 0 Å². The zero-order valence-electron chi connectivity index (χ0n) is 8.57. The van der Waals surface area contributed by atoms with Gasteiger partial charge in [-0.1, -0.05) is 12.8 Å². The molecule has 1 unspecified atom stereocenters. The van der Waals surface area contributed by atoms with Gasteiger partial charge in [-0.25, -0.2) is 0 Å². The first-order valence-corrected chi connectivity index (χ1v) is 6.12. The number of aliphatic carboxylic acids is 1. The first-order chi connectivity index (χ1) is 6.74. The molecule has 0 amide bonds. The molecule has 0 spiro atoms. The Balaban J connectivity index is 2.21. The summed E-state index contributed by atoms with van der Waals surface area (Å²) in [6.45, 7) is 0.312. The molecule has 1 aliphatic carbocycles. The van der Waals surface area contributed by atoms with E-state index >= 15 is 0 Å². The minimum absolute atomic E-state index is 0.312. The standard InChI is InChI=1S/C10H18O3S/c1-13-6-9(10(11)12)14-7-8-4-2-3-5-8/h8-9H,2-7H2,1H3,(H,11,12). The summed E-state index contributed by atoms with van der Waals surface area (Å²) in [6.07, 6.45) is 5.17. The lowest BCUT2D eigenvalue weighted by molar-refractivity contribution is -0.137. The smallest absolute Gasteiger partial charge is 0.319 e. The topological polar surface area (TPSA) is 46.5 Å². The Kier molecular flexibility index (Phi) is 5.33. The van der Waals surface area contributed by atoms with Gasteiger partial charge in [0.25, 0.3) is 0 Å². The lowest BCUT2D eigenvalue weighted by Gasteiger charge is -2.13. The SMILES string of the molecule is COCC(SCC1CCCC1)C(=O)O. The van der Waals surface area contributed by atoms with Crippen LogP contribution in [0.15, 0.2) is 0 Å². The molecule has 1 fully saturated rings. The van der Waals surface area contributed by atoms with Crippen LogP contribution in [0.5, 0.6) is 0 Å². The zero-order chi connectivity index (χ0) is 10.4. The number of carboxylic acid groups (broad SMARTS) is 1. The average Bonchev–Trinajstić information content (AvgIpc) is 2.64. The predicted octanol–water partition coefficient (Wildman–Crippen LogP) is 2.01. The molecular weight excluding hydrogens is 200 g/mol. The van der Waals surface area contributed by atoms with E-state index in [-0.39, 0.29) is 5.25 Å². The Labute approximate surface area is 89.2 Å². The van der Waals surface area contributed by atoms with Crippen LogP contribution in [0.2, 0.25) is 0 Å². The number of carbonyl (C=O) groups is 1. The molecule has 14 heavy (non-hydrogen) atoms. The second kappa shape index (κ2) is 6.30. The summed E-state index contributed by atoms with van der Waals surface area (Å²) in [4.78, 5) is 10.8. The maximum absolute atomic E-state index is 10.8. The fourth-order valence-electron chi connectivity index (χ4n) is 1.77. The van der Waals surface area contributed by atoms with Crippen LogP contribution in [-0.2, 0) is 9.53 Å². The van der Waals surface area contributed by atoms with E-state index in [2.05, 4.69) is 0 Å². The van der Waals surface area contributed by atoms with E-state index in [1.165, 1.54) is 37.4 Å². The molecule has 1 rings (SSSR count). The van der Waals surface area contributed by atoms with E-state index in [1.54, 1.807) is 7.11 Å². The van der Waals surface area contributed by atoms with E-state index in [1.807, 2.05) is 0 Å². The Morgan fingerprint density at radius 2 is 2.21 bits per heavy atom. The molecule has 1 aliphatic rings. The van der Waals surface area contributed by atoms with Crippen molar-refractivity contribution in [1.82, 2.24) is 0 Å². The molecule has 1 saturated carbocycles. The van der Waals surface area contributed by atoms with Crippen LogP contribution in [0.4, 0.5) is 0 Å². The molecule has 3 nitrogen and oxygen atoms in total. The third kappa shape index (κ3) is 3.88. The van der Waals surface area contributed by atoms with E-state index < -0.39 is 5.97 Å². The zero-order valence-corrected chi connectivity index (χ0v) is 9.39. The first kappa shape index (κ1) is 11.9. The van der Waals surface area contributed by atoms with Crippen molar-refractivity contribution < 1.29 is 14.6 Å². The number of rotatable bonds is 6. The minimum atomic E-state index is -0.755. The number of methoxy groups -OCH3 is 1. The maximum Gasteiger partial charge on any atom is 0.319 e. The molecule has 0 radical (unpaired) electrons. The molecule has 82 valence electrons. The van der Waals surface area contributed by atoms with Gasteiger partial charge in [-0.05, 0) is 24.5 Å². The second-order valence-electron chi connectivity index (χ2n) is 3.77. The van der Waals surface area contributed by atoms with Gasteiger partial charge in [-0.15, -0.1) is 11.8 Å². The molecule has 0 heterocycles. The van der Waals surface area contributed by atoms with Crippen LogP contribution in [-0.4, -0.2) is 35.8 Å². The molecule has 1 atom stereocenters. The first-order valence-electron chi connectivity index (χ1n) is 5.07. The summed E-state index contributed by atoms with van der Waals surface area (Å²) in [6, 6.07) is 0. The number of carboxylic acids is 1. The molecule has 0 bridgehead atoms. The normalized spacial score (nSPS) is 19.8. The summed E-state index contributed by atoms with van der Waals surface area (Å²) in [5.74, 6) is 0.953. The largest absolute Gasteiger partial charge is 0.480 e. The summed E-state index contributed by atoms with van der Waals surface area (Å²) in [5, 5.41) is 8.49. The van der Waals surface area contributed by atoms with Gasteiger partial charge >= 0.3 is 5.97 Å². The van der Waals surface area contributed by atoms with Gasteiger partial charge in [0.1, 0.15) is 5.25 Å². The van der Waals surface area contributed by atoms with E-state index in [0.717, 1.165) is 11.7 Å². The Bertz CT molecular complexity index is 178. The molecule has 0 aromatic heterocycles. The lowest BCUT2D eigenvalue weighted by Crippen LogP contribution is -2.23. The van der Waals surface area contributed by atoms with Gasteiger partial charge in [0.15, 0.2) is 0 Å². The quantitative estimate of drug-likeness (QED) is 0.741. The summed E-state index contributed by atoms with van der Waals surface area (Å²) < 4.78 is 4.88. The van der Waals surface area contributed by atoms with E-state index in [0.29, 0.717) is 6.61 Å². The van der Waals surface area contributed by atoms with Crippen LogP contribution in [0.25, 0.3) is 0 Å². The van der Waals surface area contributed by atoms with Crippen molar-refractivity contribution in [2.24, 2.45) is 5.92 Å². The van der Waals surface area contributed by atoms with Gasteiger partial charge < -0.3 is 9.84 Å². The average molecular weight is 218 g/mol. The Hall–Kier alpha value is -0.220. The van der Waals surface area contributed by atoms with Crippen molar-refractivity contribution >= 4 is 17.7 Å². The summed E-state index contributed by atoms with van der Waals surface area (Å²) in [7, 11) is 1.55. The lowest BCUT2D eigenvalue weighted by atomic mass is 10.1. The highest BCUT2D eigenvalue weighted by Gasteiger charge is 2.21. The summed E-state index contributed by atoms with van der Waals surface area (Å²) >= 11 is 1.53. The second-order valence-corrected chi connectivity index (χ2v) is 5.00. The van der Waals surface area contributed by atoms with Crippen LogP contribution in [0.3, 0.4) is 0 Å². The van der Waals surface area contributed by atoms with Gasteiger partial charge in [0, 0.05) is 7.11 Å². The van der Waals surface area contributed by atoms with Crippen LogP contribution >= 0.6 is 11.8 Å². The fourth-order valence-corrected chi connectivity index (χ4v) is 2.98. The number of ether oxygens (including phenoxy) is 1. The Morgan fingerprint density at radius 1 is 1.57 bits per heavy atom. The molecule has 4 heteroatoms. The van der Waals surface area contributed by atoms with E-state index in [4.69, 9.17) is 9.84 Å². The molecule has 0 aromatic carbocycles. The highest BCUT2D eigenvalue weighted by molar-refractivity contribution is 8.00. The van der Waals surface area contributed by atoms with E-state index in [9.17, 15) is 4.79 Å². The van der Waals surface area contributed by atoms with Crippen LogP contribution in [0, 0.1) is 5.92 Å². The summed E-state index contributed by atoms with van der Waals surface area (Å²) in [5.41, 5.74) is 0. The van der Waals surface area contributed by atoms with Crippen LogP contribution in [0.1, 0.15) is 25.7 Å². The molecule has 0 aliphatic heterocycles. The minimum Gasteiger partial charge on any atom is -0.480 e. The highest BCUT2D eigenvalue weighted by atomic mass is 32.2. The number of hydrogen-bond acceptors (Lipinski definition) is 3. The molecule has 0 saturated heterocycles. The molecule has 0 aromatic rings. The van der Waals surface area contributed by atoms with Crippen molar-refractivity contribution in [2.75, 3.05) is 19.5 Å². The van der Waals surface area contributed by atoms with Crippen LogP contribution < -0.4 is 0 Å². The maximum atomic E-state index is 10.8. The monoisotopic (exact) mass is 218 g/mol. The van der Waals surface area contributed by atoms with Gasteiger partial charge in [0.2, 0.25) is 0 Å².